The van der Waals surface area contributed by atoms with Crippen molar-refractivity contribution in [2.75, 3.05) is 39.6 Å². The molecule has 0 spiro atoms. The number of unbranched alkanes of at least 4 members (excludes halogenated alkanes) is 49. The van der Waals surface area contributed by atoms with Gasteiger partial charge in [0, 0.05) is 25.7 Å². The molecule has 0 aliphatic rings. The quantitative estimate of drug-likeness (QED) is 0.0222. The van der Waals surface area contributed by atoms with Crippen molar-refractivity contribution < 1.29 is 80.2 Å². The van der Waals surface area contributed by atoms with E-state index >= 15 is 0 Å². The van der Waals surface area contributed by atoms with Gasteiger partial charge in [0.1, 0.15) is 19.3 Å². The number of phosphoric acid groups is 2. The van der Waals surface area contributed by atoms with Crippen LogP contribution in [0.5, 0.6) is 0 Å². The Balaban J connectivity index is 5.23. The molecule has 0 saturated carbocycles. The summed E-state index contributed by atoms with van der Waals surface area (Å²) in [4.78, 5) is 73.0. The van der Waals surface area contributed by atoms with E-state index in [1.807, 2.05) is 0 Å². The van der Waals surface area contributed by atoms with Gasteiger partial charge in [0.25, 0.3) is 0 Å². The molecule has 19 heteroatoms. The topological polar surface area (TPSA) is 237 Å². The van der Waals surface area contributed by atoms with Crippen LogP contribution in [0.15, 0.2) is 0 Å². The molecule has 17 nitrogen and oxygen atoms in total. The fourth-order valence-electron chi connectivity index (χ4n) is 12.4. The Kier molecular flexibility index (Phi) is 70.3. The third-order valence-electron chi connectivity index (χ3n) is 18.7. The predicted molar refractivity (Wildman–Crippen MR) is 405 cm³/mol. The number of carbonyl (C=O) groups is 4. The van der Waals surface area contributed by atoms with Gasteiger partial charge in [-0.15, -0.1) is 0 Å². The highest BCUT2D eigenvalue weighted by Gasteiger charge is 2.30. The fraction of sp³-hybridized carbons (Fsp3) is 0.950. The van der Waals surface area contributed by atoms with Crippen molar-refractivity contribution in [3.63, 3.8) is 0 Å². The lowest BCUT2D eigenvalue weighted by atomic mass is 10.0. The third-order valence-corrected chi connectivity index (χ3v) is 20.6. The van der Waals surface area contributed by atoms with E-state index in [-0.39, 0.29) is 25.7 Å². The summed E-state index contributed by atoms with van der Waals surface area (Å²) in [5, 5.41) is 10.6. The first-order chi connectivity index (χ1) is 47.9. The number of aliphatic hydroxyl groups is 1. The summed E-state index contributed by atoms with van der Waals surface area (Å²) in [5.74, 6) is -0.528. The average Bonchev–Trinajstić information content (AvgIpc) is 1.18. The highest BCUT2D eigenvalue weighted by Crippen LogP contribution is 2.45. The molecule has 99 heavy (non-hydrogen) atoms. The van der Waals surface area contributed by atoms with Crippen LogP contribution in [0, 0.1) is 11.8 Å². The van der Waals surface area contributed by atoms with Gasteiger partial charge in [0.2, 0.25) is 0 Å². The minimum Gasteiger partial charge on any atom is -0.462 e. The van der Waals surface area contributed by atoms with Gasteiger partial charge in [-0.3, -0.25) is 37.3 Å². The van der Waals surface area contributed by atoms with Gasteiger partial charge < -0.3 is 33.8 Å². The minimum absolute atomic E-state index is 0.107. The first-order valence-electron chi connectivity index (χ1n) is 41.5. The molecule has 0 amide bonds. The molecular formula is C80H156O17P2. The van der Waals surface area contributed by atoms with Gasteiger partial charge in [-0.25, -0.2) is 9.13 Å². The van der Waals surface area contributed by atoms with Gasteiger partial charge in [-0.2, -0.15) is 0 Å². The highest BCUT2D eigenvalue weighted by molar-refractivity contribution is 7.47. The van der Waals surface area contributed by atoms with E-state index < -0.39 is 97.5 Å². The second-order valence-corrected chi connectivity index (χ2v) is 32.7. The second-order valence-electron chi connectivity index (χ2n) is 29.8. The van der Waals surface area contributed by atoms with E-state index in [4.69, 9.17) is 37.0 Å². The fourth-order valence-corrected chi connectivity index (χ4v) is 13.9. The molecule has 0 bridgehead atoms. The molecule has 0 rings (SSSR count). The van der Waals surface area contributed by atoms with Gasteiger partial charge in [-0.05, 0) is 37.5 Å². The normalized spacial score (nSPS) is 13.9. The van der Waals surface area contributed by atoms with Crippen molar-refractivity contribution in [3.05, 3.63) is 0 Å². The van der Waals surface area contributed by atoms with Crippen LogP contribution in [0.3, 0.4) is 0 Å². The highest BCUT2D eigenvalue weighted by atomic mass is 31.2. The Hall–Kier alpha value is -1.94. The van der Waals surface area contributed by atoms with Crippen LogP contribution in [0.25, 0.3) is 0 Å². The molecule has 0 aromatic heterocycles. The summed E-state index contributed by atoms with van der Waals surface area (Å²) >= 11 is 0. The van der Waals surface area contributed by atoms with Crippen molar-refractivity contribution in [2.24, 2.45) is 11.8 Å². The summed E-state index contributed by atoms with van der Waals surface area (Å²) in [6, 6.07) is 0. The Morgan fingerprint density at radius 2 is 0.465 bits per heavy atom. The Bertz CT molecular complexity index is 1910. The maximum Gasteiger partial charge on any atom is 0.472 e. The first kappa shape index (κ1) is 97.1. The number of hydrogen-bond donors (Lipinski definition) is 3. The lowest BCUT2D eigenvalue weighted by Crippen LogP contribution is -2.30. The van der Waals surface area contributed by atoms with Crippen LogP contribution in [-0.2, 0) is 65.4 Å². The van der Waals surface area contributed by atoms with Gasteiger partial charge in [0.05, 0.1) is 26.4 Å². The molecule has 2 unspecified atom stereocenters. The summed E-state index contributed by atoms with van der Waals surface area (Å²) in [6.45, 7) is 9.66. The molecule has 588 valence electrons. The van der Waals surface area contributed by atoms with Crippen LogP contribution in [0.4, 0.5) is 0 Å². The maximum atomic E-state index is 13.1. The molecular weight excluding hydrogens is 1290 g/mol. The van der Waals surface area contributed by atoms with Crippen molar-refractivity contribution in [1.82, 2.24) is 0 Å². The summed E-state index contributed by atoms with van der Waals surface area (Å²) < 4.78 is 68.7. The molecule has 5 atom stereocenters. The first-order valence-corrected chi connectivity index (χ1v) is 44.5. The summed E-state index contributed by atoms with van der Waals surface area (Å²) in [5.41, 5.74) is 0. The maximum absolute atomic E-state index is 13.1. The SMILES string of the molecule is CCCCCCCCCCCCCCCCCCCC(=O)OC[C@H](COP(=O)(O)OC[C@@H](O)COP(=O)(O)OC[C@@H](COC(=O)CCCCCCCCCCC)OC(=O)CCCCCCCCCCCCCCCC(C)C)OC(=O)CCCCCCCCCCCCCCCCC(C)C. The smallest absolute Gasteiger partial charge is 0.462 e. The number of esters is 4. The molecule has 0 aromatic carbocycles. The standard InChI is InChI=1S/C80H156O17P2/c1-7-9-11-13-15-17-18-19-20-21-22-28-33-39-45-51-57-63-78(83)91-69-76(97-79(84)64-58-52-46-40-34-29-24-23-26-31-37-42-48-54-60-72(3)4)71-95-99(88,89)93-67-74(81)66-92-98(86,87)94-70-75(68-90-77(82)62-56-50-44-36-16-14-12-10-8-2)96-80(85)65-59-53-47-41-35-30-25-27-32-38-43-49-55-61-73(5)6/h72-76,81H,7-71H2,1-6H3,(H,86,87)(H,88,89)/t74-,75+,76+/m0/s1. The molecule has 0 aromatic rings. The van der Waals surface area contributed by atoms with E-state index in [0.29, 0.717) is 25.7 Å². The zero-order chi connectivity index (χ0) is 72.8. The zero-order valence-electron chi connectivity index (χ0n) is 64.8. The van der Waals surface area contributed by atoms with E-state index in [1.165, 1.54) is 238 Å². The summed E-state index contributed by atoms with van der Waals surface area (Å²) in [7, 11) is -9.92. The Morgan fingerprint density at radius 1 is 0.273 bits per heavy atom. The lowest BCUT2D eigenvalue weighted by molar-refractivity contribution is -0.161. The molecule has 0 aliphatic carbocycles. The number of carbonyl (C=O) groups excluding carboxylic acids is 4. The van der Waals surface area contributed by atoms with Crippen molar-refractivity contribution in [3.8, 4) is 0 Å². The Morgan fingerprint density at radius 3 is 0.687 bits per heavy atom. The number of hydrogen-bond acceptors (Lipinski definition) is 15. The molecule has 0 aliphatic heterocycles. The van der Waals surface area contributed by atoms with Gasteiger partial charge in [0.15, 0.2) is 12.2 Å². The number of aliphatic hydroxyl groups excluding tert-OH is 1. The van der Waals surface area contributed by atoms with Gasteiger partial charge in [-0.1, -0.05) is 369 Å². The monoisotopic (exact) mass is 1450 g/mol. The molecule has 3 N–H and O–H groups in total. The average molecular weight is 1450 g/mol. The van der Waals surface area contributed by atoms with E-state index in [1.54, 1.807) is 0 Å². The van der Waals surface area contributed by atoms with E-state index in [2.05, 4.69) is 41.5 Å². The Labute approximate surface area is 607 Å². The molecule has 0 fully saturated rings. The van der Waals surface area contributed by atoms with E-state index in [0.717, 1.165) is 102 Å². The second kappa shape index (κ2) is 71.7. The van der Waals surface area contributed by atoms with Crippen LogP contribution in [-0.4, -0.2) is 96.7 Å². The van der Waals surface area contributed by atoms with Crippen molar-refractivity contribution in [2.45, 2.75) is 439 Å². The minimum atomic E-state index is -4.96. The number of phosphoric ester groups is 2. The van der Waals surface area contributed by atoms with Crippen molar-refractivity contribution in [1.29, 1.82) is 0 Å². The molecule has 0 radical (unpaired) electrons. The zero-order valence-corrected chi connectivity index (χ0v) is 66.6. The summed E-state index contributed by atoms with van der Waals surface area (Å²) in [6.07, 6.45) is 61.0. The van der Waals surface area contributed by atoms with Crippen molar-refractivity contribution >= 4 is 39.5 Å². The van der Waals surface area contributed by atoms with Gasteiger partial charge >= 0.3 is 39.5 Å². The number of ether oxygens (including phenoxy) is 4. The van der Waals surface area contributed by atoms with Crippen LogP contribution >= 0.6 is 15.6 Å². The van der Waals surface area contributed by atoms with Crippen LogP contribution in [0.2, 0.25) is 0 Å². The van der Waals surface area contributed by atoms with Crippen LogP contribution < -0.4 is 0 Å². The lowest BCUT2D eigenvalue weighted by Gasteiger charge is -2.21. The predicted octanol–water partition coefficient (Wildman–Crippen LogP) is 23.9. The van der Waals surface area contributed by atoms with Crippen LogP contribution in [0.1, 0.15) is 420 Å². The number of rotatable bonds is 79. The molecule has 0 heterocycles. The van der Waals surface area contributed by atoms with E-state index in [9.17, 15) is 43.2 Å². The molecule has 0 saturated heterocycles. The largest absolute Gasteiger partial charge is 0.472 e. The third kappa shape index (κ3) is 74.1.